The first kappa shape index (κ1) is 10.9. The van der Waals surface area contributed by atoms with E-state index >= 15 is 0 Å². The summed E-state index contributed by atoms with van der Waals surface area (Å²) in [5.41, 5.74) is 0. The van der Waals surface area contributed by atoms with E-state index in [4.69, 9.17) is 9.47 Å². The first-order chi connectivity index (χ1) is 6.72. The second kappa shape index (κ2) is 5.53. The summed E-state index contributed by atoms with van der Waals surface area (Å²) in [4.78, 5) is 0. The van der Waals surface area contributed by atoms with Crippen LogP contribution in [0.3, 0.4) is 0 Å². The minimum absolute atomic E-state index is 0.220. The van der Waals surface area contributed by atoms with Crippen LogP contribution in [-0.2, 0) is 0 Å². The summed E-state index contributed by atoms with van der Waals surface area (Å²) < 4.78 is 11.0. The van der Waals surface area contributed by atoms with Crippen molar-refractivity contribution in [3.05, 3.63) is 24.3 Å². The number of rotatable bonds is 5. The van der Waals surface area contributed by atoms with Crippen LogP contribution in [-0.4, -0.2) is 12.7 Å². The Balaban J connectivity index is 2.50. The van der Waals surface area contributed by atoms with E-state index in [9.17, 15) is 0 Å². The zero-order valence-electron chi connectivity index (χ0n) is 9.12. The molecule has 0 radical (unpaired) electrons. The number of hydrogen-bond donors (Lipinski definition) is 0. The van der Waals surface area contributed by atoms with Gasteiger partial charge in [-0.2, -0.15) is 0 Å². The van der Waals surface area contributed by atoms with Crippen LogP contribution in [0, 0.1) is 0 Å². The molecule has 2 nitrogen and oxygen atoms in total. The first-order valence-corrected chi connectivity index (χ1v) is 5.12. The van der Waals surface area contributed by atoms with Crippen molar-refractivity contribution in [2.24, 2.45) is 0 Å². The maximum Gasteiger partial charge on any atom is 0.119 e. The fourth-order valence-corrected chi connectivity index (χ4v) is 1.11. The summed E-state index contributed by atoms with van der Waals surface area (Å²) in [7, 11) is 0. The second-order valence-corrected chi connectivity index (χ2v) is 3.49. The molecule has 0 N–H and O–H groups in total. The third-order valence-corrected chi connectivity index (χ3v) is 1.67. The van der Waals surface area contributed by atoms with Crippen LogP contribution in [0.15, 0.2) is 24.3 Å². The van der Waals surface area contributed by atoms with Gasteiger partial charge in [-0.3, -0.25) is 0 Å². The van der Waals surface area contributed by atoms with Gasteiger partial charge in [0.25, 0.3) is 0 Å². The van der Waals surface area contributed by atoms with Gasteiger partial charge >= 0.3 is 0 Å². The Bertz CT molecular complexity index is 252. The van der Waals surface area contributed by atoms with Crippen LogP contribution in [0.5, 0.6) is 11.5 Å². The molecule has 1 aromatic carbocycles. The van der Waals surface area contributed by atoms with Crippen molar-refractivity contribution in [2.45, 2.75) is 33.3 Å². The Morgan fingerprint density at radius 1 is 1.07 bits per heavy atom. The molecule has 78 valence electrons. The molecule has 0 amide bonds. The van der Waals surface area contributed by atoms with E-state index in [1.165, 1.54) is 0 Å². The van der Waals surface area contributed by atoms with Crippen LogP contribution >= 0.6 is 0 Å². The highest BCUT2D eigenvalue weighted by Gasteiger charge is 1.97. The monoisotopic (exact) mass is 194 g/mol. The average molecular weight is 194 g/mol. The molecule has 0 fully saturated rings. The molecule has 1 rings (SSSR count). The summed E-state index contributed by atoms with van der Waals surface area (Å²) >= 11 is 0. The standard InChI is InChI=1S/C12H18O2/c1-4-9-13-11-5-7-12(8-6-11)14-10(2)3/h5-8,10H,4,9H2,1-3H3. The maximum atomic E-state index is 5.52. The maximum absolute atomic E-state index is 5.52. The molecule has 0 bridgehead atoms. The van der Waals surface area contributed by atoms with E-state index in [0.717, 1.165) is 24.5 Å². The predicted molar refractivity (Wildman–Crippen MR) is 58.0 cm³/mol. The predicted octanol–water partition coefficient (Wildman–Crippen LogP) is 3.26. The van der Waals surface area contributed by atoms with Gasteiger partial charge in [0.2, 0.25) is 0 Å². The molecule has 0 spiro atoms. The quantitative estimate of drug-likeness (QED) is 0.716. The van der Waals surface area contributed by atoms with E-state index in [1.807, 2.05) is 38.1 Å². The van der Waals surface area contributed by atoms with Gasteiger partial charge in [0.15, 0.2) is 0 Å². The van der Waals surface area contributed by atoms with Gasteiger partial charge in [-0.15, -0.1) is 0 Å². The summed E-state index contributed by atoms with van der Waals surface area (Å²) in [6, 6.07) is 7.75. The van der Waals surface area contributed by atoms with E-state index in [-0.39, 0.29) is 6.10 Å². The highest BCUT2D eigenvalue weighted by molar-refractivity contribution is 5.31. The molecule has 0 saturated heterocycles. The van der Waals surface area contributed by atoms with Crippen molar-refractivity contribution < 1.29 is 9.47 Å². The normalized spacial score (nSPS) is 10.3. The van der Waals surface area contributed by atoms with Gasteiger partial charge in [-0.05, 0) is 44.5 Å². The van der Waals surface area contributed by atoms with Gasteiger partial charge in [0.1, 0.15) is 11.5 Å². The lowest BCUT2D eigenvalue weighted by atomic mass is 10.3. The van der Waals surface area contributed by atoms with E-state index < -0.39 is 0 Å². The van der Waals surface area contributed by atoms with Crippen molar-refractivity contribution in [2.75, 3.05) is 6.61 Å². The lowest BCUT2D eigenvalue weighted by Crippen LogP contribution is -2.05. The van der Waals surface area contributed by atoms with Crippen LogP contribution in [0.25, 0.3) is 0 Å². The van der Waals surface area contributed by atoms with Crippen molar-refractivity contribution in [1.82, 2.24) is 0 Å². The zero-order chi connectivity index (χ0) is 10.4. The lowest BCUT2D eigenvalue weighted by molar-refractivity contribution is 0.241. The van der Waals surface area contributed by atoms with Gasteiger partial charge < -0.3 is 9.47 Å². The van der Waals surface area contributed by atoms with Gasteiger partial charge in [0.05, 0.1) is 12.7 Å². The molecular formula is C12H18O2. The molecule has 14 heavy (non-hydrogen) atoms. The molecule has 0 aliphatic carbocycles. The average Bonchev–Trinajstić information content (AvgIpc) is 2.16. The number of benzene rings is 1. The smallest absolute Gasteiger partial charge is 0.119 e. The highest BCUT2D eigenvalue weighted by atomic mass is 16.5. The molecule has 0 heterocycles. The summed E-state index contributed by atoms with van der Waals surface area (Å²) in [5.74, 6) is 1.80. The van der Waals surface area contributed by atoms with Crippen LogP contribution in [0.4, 0.5) is 0 Å². The summed E-state index contributed by atoms with van der Waals surface area (Å²) in [5, 5.41) is 0. The Kier molecular flexibility index (Phi) is 4.30. The second-order valence-electron chi connectivity index (χ2n) is 3.49. The molecular weight excluding hydrogens is 176 g/mol. The molecule has 0 aliphatic heterocycles. The largest absolute Gasteiger partial charge is 0.494 e. The Labute approximate surface area is 85.8 Å². The van der Waals surface area contributed by atoms with Gasteiger partial charge in [0, 0.05) is 0 Å². The highest BCUT2D eigenvalue weighted by Crippen LogP contribution is 2.18. The number of ether oxygens (including phenoxy) is 2. The van der Waals surface area contributed by atoms with Gasteiger partial charge in [-0.1, -0.05) is 6.92 Å². The SMILES string of the molecule is CCCOc1ccc(OC(C)C)cc1. The Hall–Kier alpha value is -1.18. The topological polar surface area (TPSA) is 18.5 Å². The van der Waals surface area contributed by atoms with E-state index in [2.05, 4.69) is 6.92 Å². The molecule has 0 aliphatic rings. The summed E-state index contributed by atoms with van der Waals surface area (Å²) in [6.07, 6.45) is 1.25. The van der Waals surface area contributed by atoms with Crippen molar-refractivity contribution in [3.8, 4) is 11.5 Å². The molecule has 2 heteroatoms. The fourth-order valence-electron chi connectivity index (χ4n) is 1.11. The molecule has 1 aromatic rings. The fraction of sp³-hybridized carbons (Fsp3) is 0.500. The Morgan fingerprint density at radius 2 is 1.64 bits per heavy atom. The van der Waals surface area contributed by atoms with Crippen molar-refractivity contribution in [1.29, 1.82) is 0 Å². The van der Waals surface area contributed by atoms with Crippen molar-refractivity contribution in [3.63, 3.8) is 0 Å². The molecule has 0 aromatic heterocycles. The van der Waals surface area contributed by atoms with E-state index in [1.54, 1.807) is 0 Å². The van der Waals surface area contributed by atoms with Crippen LogP contribution in [0.2, 0.25) is 0 Å². The lowest BCUT2D eigenvalue weighted by Gasteiger charge is -2.10. The van der Waals surface area contributed by atoms with Crippen molar-refractivity contribution >= 4 is 0 Å². The van der Waals surface area contributed by atoms with Gasteiger partial charge in [-0.25, -0.2) is 0 Å². The van der Waals surface area contributed by atoms with Crippen LogP contribution in [0.1, 0.15) is 27.2 Å². The molecule has 0 unspecified atom stereocenters. The summed E-state index contributed by atoms with van der Waals surface area (Å²) in [6.45, 7) is 6.89. The zero-order valence-corrected chi connectivity index (χ0v) is 9.12. The molecule has 0 saturated carbocycles. The van der Waals surface area contributed by atoms with E-state index in [0.29, 0.717) is 0 Å². The Morgan fingerprint density at radius 3 is 2.14 bits per heavy atom. The third-order valence-electron chi connectivity index (χ3n) is 1.67. The number of hydrogen-bond acceptors (Lipinski definition) is 2. The first-order valence-electron chi connectivity index (χ1n) is 5.12. The van der Waals surface area contributed by atoms with Crippen LogP contribution < -0.4 is 9.47 Å². The minimum atomic E-state index is 0.220. The minimum Gasteiger partial charge on any atom is -0.494 e. The molecule has 0 atom stereocenters. The third kappa shape index (κ3) is 3.69.